The second kappa shape index (κ2) is 2.96. The van der Waals surface area contributed by atoms with E-state index in [1.807, 2.05) is 4.90 Å². The number of amides is 1. The Kier molecular flexibility index (Phi) is 2.21. The number of primary amides is 1. The Labute approximate surface area is 59.0 Å². The molecule has 0 radical (unpaired) electrons. The van der Waals surface area contributed by atoms with E-state index in [-0.39, 0.29) is 5.91 Å². The van der Waals surface area contributed by atoms with Gasteiger partial charge in [-0.1, -0.05) is 0 Å². The first-order valence-corrected chi connectivity index (χ1v) is 3.33. The van der Waals surface area contributed by atoms with E-state index >= 15 is 0 Å². The predicted molar refractivity (Wildman–Crippen MR) is 35.1 cm³/mol. The largest absolute Gasteiger partial charge is 0.370 e. The van der Waals surface area contributed by atoms with Crippen molar-refractivity contribution in [2.24, 2.45) is 5.73 Å². The number of halogens is 1. The summed E-state index contributed by atoms with van der Waals surface area (Å²) in [6.07, 6.45) is -0.347. The van der Waals surface area contributed by atoms with E-state index < -0.39 is 6.17 Å². The molecular formula is C6H11FN2O. The summed E-state index contributed by atoms with van der Waals surface area (Å²) in [6.45, 7) is 1.54. The van der Waals surface area contributed by atoms with Gasteiger partial charge in [-0.15, -0.1) is 0 Å². The molecule has 1 rings (SSSR count). The van der Waals surface area contributed by atoms with Gasteiger partial charge in [-0.05, 0) is 0 Å². The molecule has 58 valence electrons. The summed E-state index contributed by atoms with van der Waals surface area (Å²) in [5.41, 5.74) is 4.89. The molecule has 1 saturated heterocycles. The highest BCUT2D eigenvalue weighted by atomic mass is 19.1. The quantitative estimate of drug-likeness (QED) is 0.584. The molecule has 1 heterocycles. The van der Waals surface area contributed by atoms with E-state index in [0.29, 0.717) is 26.1 Å². The number of hydrogen-bond donors (Lipinski definition) is 1. The molecule has 1 amide bonds. The lowest BCUT2D eigenvalue weighted by Gasteiger charge is -2.33. The SMILES string of the molecule is NC(=O)CCN1CC(F)C1. The van der Waals surface area contributed by atoms with Crippen molar-refractivity contribution in [1.82, 2.24) is 4.90 Å². The van der Waals surface area contributed by atoms with Crippen LogP contribution in [0.2, 0.25) is 0 Å². The van der Waals surface area contributed by atoms with Crippen LogP contribution in [-0.2, 0) is 4.79 Å². The van der Waals surface area contributed by atoms with E-state index in [1.54, 1.807) is 0 Å². The highest BCUT2D eigenvalue weighted by molar-refractivity contribution is 5.73. The summed E-state index contributed by atoms with van der Waals surface area (Å²) in [5, 5.41) is 0. The number of alkyl halides is 1. The fourth-order valence-electron chi connectivity index (χ4n) is 0.958. The van der Waals surface area contributed by atoms with Crippen LogP contribution in [0.4, 0.5) is 4.39 Å². The van der Waals surface area contributed by atoms with Gasteiger partial charge in [0.1, 0.15) is 6.17 Å². The molecule has 1 fully saturated rings. The summed E-state index contributed by atoms with van der Waals surface area (Å²) in [7, 11) is 0. The molecule has 0 aromatic heterocycles. The van der Waals surface area contributed by atoms with Crippen LogP contribution in [0, 0.1) is 0 Å². The van der Waals surface area contributed by atoms with Crippen molar-refractivity contribution in [2.75, 3.05) is 19.6 Å². The van der Waals surface area contributed by atoms with E-state index in [4.69, 9.17) is 5.73 Å². The maximum absolute atomic E-state index is 12.1. The van der Waals surface area contributed by atoms with Crippen molar-refractivity contribution in [1.29, 1.82) is 0 Å². The van der Waals surface area contributed by atoms with Gasteiger partial charge in [-0.25, -0.2) is 4.39 Å². The molecule has 1 aliphatic rings. The number of nitrogens with zero attached hydrogens (tertiary/aromatic N) is 1. The molecule has 0 bridgehead atoms. The summed E-state index contributed by atoms with van der Waals surface area (Å²) in [4.78, 5) is 12.1. The number of likely N-dealkylation sites (tertiary alicyclic amines) is 1. The smallest absolute Gasteiger partial charge is 0.218 e. The van der Waals surface area contributed by atoms with Crippen LogP contribution in [0.5, 0.6) is 0 Å². The van der Waals surface area contributed by atoms with Crippen molar-refractivity contribution < 1.29 is 9.18 Å². The van der Waals surface area contributed by atoms with Crippen LogP contribution < -0.4 is 5.73 Å². The molecule has 4 heteroatoms. The van der Waals surface area contributed by atoms with Crippen molar-refractivity contribution in [2.45, 2.75) is 12.6 Å². The third-order valence-electron chi connectivity index (χ3n) is 1.59. The van der Waals surface area contributed by atoms with E-state index in [0.717, 1.165) is 0 Å². The Morgan fingerprint density at radius 1 is 1.70 bits per heavy atom. The first-order valence-electron chi connectivity index (χ1n) is 3.33. The maximum Gasteiger partial charge on any atom is 0.218 e. The first-order chi connectivity index (χ1) is 4.68. The predicted octanol–water partition coefficient (Wildman–Crippen LogP) is -0.484. The fraction of sp³-hybridized carbons (Fsp3) is 0.833. The zero-order valence-electron chi connectivity index (χ0n) is 5.72. The summed E-state index contributed by atoms with van der Waals surface area (Å²) in [5.74, 6) is -0.317. The van der Waals surface area contributed by atoms with Crippen LogP contribution in [-0.4, -0.2) is 36.6 Å². The standard InChI is InChI=1S/C6H11FN2O/c7-5-3-9(4-5)2-1-6(8)10/h5H,1-4H2,(H2,8,10). The molecule has 0 atom stereocenters. The molecule has 0 saturated carbocycles. The van der Waals surface area contributed by atoms with Gasteiger partial charge in [0.05, 0.1) is 0 Å². The lowest BCUT2D eigenvalue weighted by molar-refractivity contribution is -0.118. The average Bonchev–Trinajstić information content (AvgIpc) is 1.77. The molecule has 0 unspecified atom stereocenters. The molecule has 3 nitrogen and oxygen atoms in total. The maximum atomic E-state index is 12.1. The van der Waals surface area contributed by atoms with E-state index in [2.05, 4.69) is 0 Å². The second-order valence-corrected chi connectivity index (χ2v) is 2.57. The fourth-order valence-corrected chi connectivity index (χ4v) is 0.958. The Morgan fingerprint density at radius 3 is 2.70 bits per heavy atom. The average molecular weight is 146 g/mol. The second-order valence-electron chi connectivity index (χ2n) is 2.57. The number of nitrogens with two attached hydrogens (primary N) is 1. The first kappa shape index (κ1) is 7.47. The molecule has 0 aliphatic carbocycles. The highest BCUT2D eigenvalue weighted by Gasteiger charge is 2.25. The molecule has 0 aromatic carbocycles. The minimum Gasteiger partial charge on any atom is -0.370 e. The zero-order valence-corrected chi connectivity index (χ0v) is 5.72. The minimum atomic E-state index is -0.687. The molecule has 0 spiro atoms. The van der Waals surface area contributed by atoms with Gasteiger partial charge in [-0.3, -0.25) is 9.69 Å². The summed E-state index contributed by atoms with van der Waals surface area (Å²) in [6, 6.07) is 0. The van der Waals surface area contributed by atoms with Crippen molar-refractivity contribution in [3.05, 3.63) is 0 Å². The van der Waals surface area contributed by atoms with Crippen LogP contribution in [0.15, 0.2) is 0 Å². The Hall–Kier alpha value is -0.640. The topological polar surface area (TPSA) is 46.3 Å². The van der Waals surface area contributed by atoms with Gasteiger partial charge in [-0.2, -0.15) is 0 Å². The van der Waals surface area contributed by atoms with Gasteiger partial charge in [0.25, 0.3) is 0 Å². The Balaban J connectivity index is 2.00. The molecule has 1 aliphatic heterocycles. The van der Waals surface area contributed by atoms with Crippen molar-refractivity contribution >= 4 is 5.91 Å². The van der Waals surface area contributed by atoms with E-state index in [9.17, 15) is 9.18 Å². The number of carbonyl (C=O) groups excluding carboxylic acids is 1. The Morgan fingerprint density at radius 2 is 2.30 bits per heavy atom. The lowest BCUT2D eigenvalue weighted by Crippen LogP contribution is -2.49. The third-order valence-corrected chi connectivity index (χ3v) is 1.59. The summed E-state index contributed by atoms with van der Waals surface area (Å²) < 4.78 is 12.1. The van der Waals surface area contributed by atoms with E-state index in [1.165, 1.54) is 0 Å². The van der Waals surface area contributed by atoms with Gasteiger partial charge in [0.15, 0.2) is 0 Å². The molecular weight excluding hydrogens is 135 g/mol. The van der Waals surface area contributed by atoms with Gasteiger partial charge in [0.2, 0.25) is 5.91 Å². The number of rotatable bonds is 3. The molecule has 10 heavy (non-hydrogen) atoms. The summed E-state index contributed by atoms with van der Waals surface area (Å²) >= 11 is 0. The number of carbonyl (C=O) groups is 1. The van der Waals surface area contributed by atoms with Crippen LogP contribution >= 0.6 is 0 Å². The molecule has 2 N–H and O–H groups in total. The monoisotopic (exact) mass is 146 g/mol. The van der Waals surface area contributed by atoms with Crippen LogP contribution in [0.25, 0.3) is 0 Å². The molecule has 0 aromatic rings. The zero-order chi connectivity index (χ0) is 7.56. The number of hydrogen-bond acceptors (Lipinski definition) is 2. The minimum absolute atomic E-state index is 0.317. The van der Waals surface area contributed by atoms with Gasteiger partial charge < -0.3 is 5.73 Å². The normalized spacial score (nSPS) is 20.5. The Bertz CT molecular complexity index is 134. The van der Waals surface area contributed by atoms with Gasteiger partial charge >= 0.3 is 0 Å². The van der Waals surface area contributed by atoms with Crippen molar-refractivity contribution in [3.8, 4) is 0 Å². The van der Waals surface area contributed by atoms with Crippen LogP contribution in [0.3, 0.4) is 0 Å². The van der Waals surface area contributed by atoms with Crippen LogP contribution in [0.1, 0.15) is 6.42 Å². The van der Waals surface area contributed by atoms with Crippen molar-refractivity contribution in [3.63, 3.8) is 0 Å². The lowest BCUT2D eigenvalue weighted by atomic mass is 10.2. The third kappa shape index (κ3) is 1.95. The van der Waals surface area contributed by atoms with Gasteiger partial charge in [0, 0.05) is 26.1 Å². The highest BCUT2D eigenvalue weighted by Crippen LogP contribution is 2.10.